The summed E-state index contributed by atoms with van der Waals surface area (Å²) in [5.74, 6) is 0.570. The van der Waals surface area contributed by atoms with E-state index in [9.17, 15) is 13.2 Å². The molecule has 6 nitrogen and oxygen atoms in total. The third kappa shape index (κ3) is 3.21. The predicted octanol–water partition coefficient (Wildman–Crippen LogP) is 2.42. The zero-order valence-electron chi connectivity index (χ0n) is 14.0. The number of aromatic nitrogens is 2. The number of benzene rings is 1. The van der Waals surface area contributed by atoms with Crippen LogP contribution >= 0.6 is 0 Å². The van der Waals surface area contributed by atoms with Crippen molar-refractivity contribution in [2.45, 2.75) is 33.2 Å². The van der Waals surface area contributed by atoms with Crippen molar-refractivity contribution >= 4 is 21.6 Å². The van der Waals surface area contributed by atoms with Crippen LogP contribution in [-0.2, 0) is 9.84 Å². The molecule has 24 heavy (non-hydrogen) atoms. The molecule has 1 unspecified atom stereocenters. The van der Waals surface area contributed by atoms with Crippen LogP contribution < -0.4 is 5.32 Å². The minimum absolute atomic E-state index is 0.0699. The second-order valence-electron chi connectivity index (χ2n) is 6.37. The molecule has 1 atom stereocenters. The largest absolute Gasteiger partial charge is 0.307 e. The maximum Gasteiger partial charge on any atom is 0.257 e. The molecule has 1 fully saturated rings. The first-order chi connectivity index (χ1) is 11.3. The van der Waals surface area contributed by atoms with Crippen molar-refractivity contribution < 1.29 is 13.2 Å². The molecular formula is C17H21N3O3S. The molecule has 7 heteroatoms. The Bertz CT molecular complexity index is 900. The monoisotopic (exact) mass is 347 g/mol. The van der Waals surface area contributed by atoms with Crippen LogP contribution in [0.3, 0.4) is 0 Å². The van der Waals surface area contributed by atoms with Crippen LogP contribution in [0.2, 0.25) is 0 Å². The molecule has 1 amide bonds. The van der Waals surface area contributed by atoms with E-state index in [1.165, 1.54) is 0 Å². The van der Waals surface area contributed by atoms with E-state index < -0.39 is 9.84 Å². The van der Waals surface area contributed by atoms with E-state index in [0.29, 0.717) is 17.8 Å². The lowest BCUT2D eigenvalue weighted by Gasteiger charge is -2.14. The highest BCUT2D eigenvalue weighted by Gasteiger charge is 2.31. The maximum atomic E-state index is 12.6. The molecule has 3 rings (SSSR count). The van der Waals surface area contributed by atoms with Crippen LogP contribution in [0, 0.1) is 20.8 Å². The SMILES string of the molecule is Cc1cc(NC(=O)c2cccc(C)c2C)n(C2CCS(=O)(=O)C2)n1. The molecule has 1 aromatic carbocycles. The maximum absolute atomic E-state index is 12.6. The third-order valence-electron chi connectivity index (χ3n) is 4.50. The summed E-state index contributed by atoms with van der Waals surface area (Å²) in [4.78, 5) is 12.6. The van der Waals surface area contributed by atoms with Crippen LogP contribution in [0.5, 0.6) is 0 Å². The van der Waals surface area contributed by atoms with Gasteiger partial charge in [-0.15, -0.1) is 0 Å². The van der Waals surface area contributed by atoms with Gasteiger partial charge in [-0.2, -0.15) is 5.10 Å². The third-order valence-corrected chi connectivity index (χ3v) is 6.25. The van der Waals surface area contributed by atoms with E-state index in [1.807, 2.05) is 32.9 Å². The van der Waals surface area contributed by atoms with Gasteiger partial charge in [0.1, 0.15) is 5.82 Å². The Morgan fingerprint density at radius 3 is 2.71 bits per heavy atom. The average Bonchev–Trinajstić information content (AvgIpc) is 3.04. The molecule has 128 valence electrons. The zero-order chi connectivity index (χ0) is 17.5. The van der Waals surface area contributed by atoms with Crippen molar-refractivity contribution in [3.8, 4) is 0 Å². The first-order valence-corrected chi connectivity index (χ1v) is 9.73. The summed E-state index contributed by atoms with van der Waals surface area (Å²) >= 11 is 0. The van der Waals surface area contributed by atoms with E-state index >= 15 is 0 Å². The lowest BCUT2D eigenvalue weighted by Crippen LogP contribution is -2.20. The van der Waals surface area contributed by atoms with Crippen molar-refractivity contribution in [1.29, 1.82) is 0 Å². The molecule has 0 spiro atoms. The molecule has 1 aliphatic heterocycles. The molecule has 0 radical (unpaired) electrons. The van der Waals surface area contributed by atoms with Gasteiger partial charge in [0.05, 0.1) is 23.2 Å². The number of aryl methyl sites for hydroxylation is 2. The summed E-state index contributed by atoms with van der Waals surface area (Å²) in [5, 5.41) is 7.27. The number of rotatable bonds is 3. The second-order valence-corrected chi connectivity index (χ2v) is 8.60. The molecule has 1 aromatic heterocycles. The summed E-state index contributed by atoms with van der Waals surface area (Å²) in [6.07, 6.45) is 0.524. The van der Waals surface area contributed by atoms with E-state index in [-0.39, 0.29) is 23.5 Å². The number of sulfone groups is 1. The van der Waals surface area contributed by atoms with E-state index in [0.717, 1.165) is 16.8 Å². The van der Waals surface area contributed by atoms with Crippen molar-refractivity contribution in [3.63, 3.8) is 0 Å². The molecule has 2 heterocycles. The average molecular weight is 347 g/mol. The van der Waals surface area contributed by atoms with Crippen molar-refractivity contribution in [1.82, 2.24) is 9.78 Å². The fourth-order valence-electron chi connectivity index (χ4n) is 3.04. The normalized spacial score (nSPS) is 19.4. The fourth-order valence-corrected chi connectivity index (χ4v) is 4.73. The van der Waals surface area contributed by atoms with Gasteiger partial charge in [0.2, 0.25) is 0 Å². The van der Waals surface area contributed by atoms with Gasteiger partial charge in [-0.1, -0.05) is 12.1 Å². The first-order valence-electron chi connectivity index (χ1n) is 7.91. The lowest BCUT2D eigenvalue weighted by atomic mass is 10.0. The van der Waals surface area contributed by atoms with Gasteiger partial charge in [-0.05, 0) is 44.4 Å². The van der Waals surface area contributed by atoms with Gasteiger partial charge in [-0.3, -0.25) is 4.79 Å². The highest BCUT2D eigenvalue weighted by atomic mass is 32.2. The van der Waals surface area contributed by atoms with E-state index in [1.54, 1.807) is 16.8 Å². The van der Waals surface area contributed by atoms with Crippen LogP contribution in [0.1, 0.15) is 39.6 Å². The quantitative estimate of drug-likeness (QED) is 0.924. The highest BCUT2D eigenvalue weighted by molar-refractivity contribution is 7.91. The zero-order valence-corrected chi connectivity index (χ0v) is 14.9. The topological polar surface area (TPSA) is 81.1 Å². The van der Waals surface area contributed by atoms with E-state index in [2.05, 4.69) is 10.4 Å². The molecule has 1 N–H and O–H groups in total. The number of hydrogen-bond donors (Lipinski definition) is 1. The molecule has 0 bridgehead atoms. The summed E-state index contributed by atoms with van der Waals surface area (Å²) in [6.45, 7) is 5.70. The fraction of sp³-hybridized carbons (Fsp3) is 0.412. The van der Waals surface area contributed by atoms with Gasteiger partial charge in [0, 0.05) is 11.6 Å². The van der Waals surface area contributed by atoms with Crippen LogP contribution in [-0.4, -0.2) is 35.6 Å². The molecule has 1 saturated heterocycles. The predicted molar refractivity (Wildman–Crippen MR) is 93.1 cm³/mol. The van der Waals surface area contributed by atoms with Gasteiger partial charge >= 0.3 is 0 Å². The van der Waals surface area contributed by atoms with Gasteiger partial charge in [0.25, 0.3) is 5.91 Å². The summed E-state index contributed by atoms with van der Waals surface area (Å²) in [7, 11) is -3.02. The summed E-state index contributed by atoms with van der Waals surface area (Å²) < 4.78 is 25.1. The standard InChI is InChI=1S/C17H21N3O3S/c1-11-5-4-6-15(13(11)3)17(21)18-16-9-12(2)19-20(16)14-7-8-24(22,23)10-14/h4-6,9,14H,7-8,10H2,1-3H3,(H,18,21). The molecule has 0 saturated carbocycles. The van der Waals surface area contributed by atoms with Crippen LogP contribution in [0.4, 0.5) is 5.82 Å². The summed E-state index contributed by atoms with van der Waals surface area (Å²) in [6, 6.07) is 7.14. The van der Waals surface area contributed by atoms with Gasteiger partial charge < -0.3 is 5.32 Å². The Morgan fingerprint density at radius 1 is 1.29 bits per heavy atom. The number of hydrogen-bond acceptors (Lipinski definition) is 4. The number of amides is 1. The number of carbonyl (C=O) groups excluding carboxylic acids is 1. The number of nitrogens with zero attached hydrogens (tertiary/aromatic N) is 2. The Morgan fingerprint density at radius 2 is 2.04 bits per heavy atom. The van der Waals surface area contributed by atoms with Crippen LogP contribution in [0.15, 0.2) is 24.3 Å². The van der Waals surface area contributed by atoms with Crippen molar-refractivity contribution in [2.24, 2.45) is 0 Å². The first kappa shape index (κ1) is 16.7. The van der Waals surface area contributed by atoms with Gasteiger partial charge in [-0.25, -0.2) is 13.1 Å². The molecule has 2 aromatic rings. The van der Waals surface area contributed by atoms with Crippen molar-refractivity contribution in [2.75, 3.05) is 16.8 Å². The number of carbonyl (C=O) groups is 1. The van der Waals surface area contributed by atoms with E-state index in [4.69, 9.17) is 0 Å². The molecule has 0 aliphatic carbocycles. The van der Waals surface area contributed by atoms with Gasteiger partial charge in [0.15, 0.2) is 9.84 Å². The smallest absolute Gasteiger partial charge is 0.257 e. The Labute approximate surface area is 141 Å². The Kier molecular flexibility index (Phi) is 4.21. The number of anilines is 1. The summed E-state index contributed by atoms with van der Waals surface area (Å²) in [5.41, 5.74) is 3.34. The lowest BCUT2D eigenvalue weighted by molar-refractivity contribution is 0.102. The minimum Gasteiger partial charge on any atom is -0.307 e. The number of nitrogens with one attached hydrogen (secondary N) is 1. The molecule has 1 aliphatic rings. The van der Waals surface area contributed by atoms with Crippen molar-refractivity contribution in [3.05, 3.63) is 46.6 Å². The van der Waals surface area contributed by atoms with Crippen LogP contribution in [0.25, 0.3) is 0 Å². The minimum atomic E-state index is -3.02. The Balaban J connectivity index is 1.88. The second kappa shape index (κ2) is 6.05. The Hall–Kier alpha value is -2.15. The molecular weight excluding hydrogens is 326 g/mol. The highest BCUT2D eigenvalue weighted by Crippen LogP contribution is 2.27.